The number of nitrogens with one attached hydrogen (secondary N) is 1. The van der Waals surface area contributed by atoms with Crippen LogP contribution >= 0.6 is 0 Å². The summed E-state index contributed by atoms with van der Waals surface area (Å²) in [4.78, 5) is 4.30. The lowest BCUT2D eigenvalue weighted by Crippen LogP contribution is -2.31. The van der Waals surface area contributed by atoms with Crippen molar-refractivity contribution in [2.75, 3.05) is 6.61 Å². The van der Waals surface area contributed by atoms with Gasteiger partial charge in [-0.2, -0.15) is 5.10 Å². The number of aliphatic hydroxyl groups excluding tert-OH is 1. The van der Waals surface area contributed by atoms with Crippen LogP contribution in [-0.4, -0.2) is 32.5 Å². The van der Waals surface area contributed by atoms with Crippen molar-refractivity contribution in [1.82, 2.24) is 20.1 Å². The molecular weight excluding hydrogens is 240 g/mol. The van der Waals surface area contributed by atoms with Crippen molar-refractivity contribution in [2.24, 2.45) is 0 Å². The van der Waals surface area contributed by atoms with Crippen molar-refractivity contribution in [3.05, 3.63) is 41.9 Å². The maximum absolute atomic E-state index is 9.09. The van der Waals surface area contributed by atoms with E-state index in [-0.39, 0.29) is 18.7 Å². The summed E-state index contributed by atoms with van der Waals surface area (Å²) in [6.07, 6.45) is 3.61. The van der Waals surface area contributed by atoms with Gasteiger partial charge in [0, 0.05) is 29.5 Å². The van der Waals surface area contributed by atoms with Gasteiger partial charge in [0.15, 0.2) is 5.82 Å². The summed E-state index contributed by atoms with van der Waals surface area (Å²) in [6.45, 7) is 6.17. The molecule has 2 rings (SSSR count). The molecule has 2 aromatic heterocycles. The van der Waals surface area contributed by atoms with E-state index < -0.39 is 0 Å². The number of pyridine rings is 1. The Morgan fingerprint density at radius 2 is 2.16 bits per heavy atom. The molecule has 2 heterocycles. The highest BCUT2D eigenvalue weighted by atomic mass is 16.3. The summed E-state index contributed by atoms with van der Waals surface area (Å²) < 4.78 is 1.83. The van der Waals surface area contributed by atoms with Gasteiger partial charge >= 0.3 is 0 Å². The molecular formula is C14H20N4O. The van der Waals surface area contributed by atoms with Gasteiger partial charge in [-0.05, 0) is 32.9 Å². The first-order valence-electron chi connectivity index (χ1n) is 6.46. The van der Waals surface area contributed by atoms with Gasteiger partial charge in [-0.3, -0.25) is 0 Å². The maximum Gasteiger partial charge on any atom is 0.153 e. The highest BCUT2D eigenvalue weighted by Gasteiger charge is 2.15. The molecule has 0 aliphatic carbocycles. The molecule has 0 spiro atoms. The first-order valence-corrected chi connectivity index (χ1v) is 6.46. The Hall–Kier alpha value is -1.72. The summed E-state index contributed by atoms with van der Waals surface area (Å²) in [6, 6.07) is 5.96. The molecule has 2 aromatic rings. The molecule has 5 nitrogen and oxygen atoms in total. The molecule has 1 unspecified atom stereocenters. The number of rotatable bonds is 5. The van der Waals surface area contributed by atoms with E-state index in [1.54, 1.807) is 6.20 Å². The zero-order valence-corrected chi connectivity index (χ0v) is 11.5. The Morgan fingerprint density at radius 3 is 2.79 bits per heavy atom. The summed E-state index contributed by atoms with van der Waals surface area (Å²) in [5, 5.41) is 16.8. The number of aromatic nitrogens is 3. The zero-order valence-electron chi connectivity index (χ0n) is 11.5. The fourth-order valence-electron chi connectivity index (χ4n) is 2.13. The minimum atomic E-state index is 0.0626. The predicted octanol–water partition coefficient (Wildman–Crippen LogP) is 1.61. The van der Waals surface area contributed by atoms with E-state index in [9.17, 15) is 0 Å². The molecule has 0 aliphatic rings. The zero-order chi connectivity index (χ0) is 13.8. The standard InChI is InChI=1S/C14H20N4O/c1-10(9-19)17-11(2)13-8-16-18(12(13)3)14-6-4-5-7-15-14/h4-8,10-11,17,19H,9H2,1-3H3/t10-,11?/m1/s1. The fourth-order valence-corrected chi connectivity index (χ4v) is 2.13. The molecule has 102 valence electrons. The summed E-state index contributed by atoms with van der Waals surface area (Å²) in [7, 11) is 0. The van der Waals surface area contributed by atoms with Crippen LogP contribution in [0.1, 0.15) is 31.1 Å². The molecule has 2 N–H and O–H groups in total. The predicted molar refractivity (Wildman–Crippen MR) is 74.2 cm³/mol. The molecule has 0 saturated carbocycles. The third-order valence-electron chi connectivity index (χ3n) is 3.19. The monoisotopic (exact) mass is 260 g/mol. The topological polar surface area (TPSA) is 63.0 Å². The lowest BCUT2D eigenvalue weighted by Gasteiger charge is -2.18. The van der Waals surface area contributed by atoms with Crippen molar-refractivity contribution in [2.45, 2.75) is 32.9 Å². The van der Waals surface area contributed by atoms with E-state index in [2.05, 4.69) is 22.3 Å². The van der Waals surface area contributed by atoms with Crippen LogP contribution in [-0.2, 0) is 0 Å². The molecule has 5 heteroatoms. The van der Waals surface area contributed by atoms with Gasteiger partial charge in [0.05, 0.1) is 12.8 Å². The summed E-state index contributed by atoms with van der Waals surface area (Å²) in [5.74, 6) is 0.814. The average molecular weight is 260 g/mol. The second kappa shape index (κ2) is 5.95. The second-order valence-electron chi connectivity index (χ2n) is 4.76. The lowest BCUT2D eigenvalue weighted by atomic mass is 10.1. The van der Waals surface area contributed by atoms with Crippen LogP contribution in [0, 0.1) is 6.92 Å². The van der Waals surface area contributed by atoms with E-state index in [4.69, 9.17) is 5.11 Å². The molecule has 0 fully saturated rings. The highest BCUT2D eigenvalue weighted by Crippen LogP contribution is 2.19. The Labute approximate surface area is 113 Å². The van der Waals surface area contributed by atoms with E-state index in [1.807, 2.05) is 42.9 Å². The van der Waals surface area contributed by atoms with Gasteiger partial charge < -0.3 is 10.4 Å². The second-order valence-corrected chi connectivity index (χ2v) is 4.76. The van der Waals surface area contributed by atoms with Gasteiger partial charge in [0.25, 0.3) is 0 Å². The maximum atomic E-state index is 9.09. The molecule has 0 amide bonds. The van der Waals surface area contributed by atoms with E-state index in [0.717, 1.165) is 17.1 Å². The van der Waals surface area contributed by atoms with Crippen molar-refractivity contribution >= 4 is 0 Å². The Morgan fingerprint density at radius 1 is 1.37 bits per heavy atom. The SMILES string of the molecule is Cc1c(C(C)N[C@H](C)CO)cnn1-c1ccccn1. The van der Waals surface area contributed by atoms with Crippen LogP contribution in [0.2, 0.25) is 0 Å². The van der Waals surface area contributed by atoms with Crippen molar-refractivity contribution in [1.29, 1.82) is 0 Å². The third kappa shape index (κ3) is 3.00. The molecule has 0 aliphatic heterocycles. The normalized spacial score (nSPS) is 14.3. The molecule has 2 atom stereocenters. The fraction of sp³-hybridized carbons (Fsp3) is 0.429. The van der Waals surface area contributed by atoms with Crippen LogP contribution < -0.4 is 5.32 Å². The smallest absolute Gasteiger partial charge is 0.153 e. The van der Waals surface area contributed by atoms with E-state index in [1.165, 1.54) is 0 Å². The van der Waals surface area contributed by atoms with Gasteiger partial charge in [-0.25, -0.2) is 9.67 Å². The van der Waals surface area contributed by atoms with Crippen LogP contribution in [0.5, 0.6) is 0 Å². The number of hydrogen-bond donors (Lipinski definition) is 2. The molecule has 0 radical (unpaired) electrons. The van der Waals surface area contributed by atoms with Crippen LogP contribution in [0.15, 0.2) is 30.6 Å². The Bertz CT molecular complexity index is 523. The van der Waals surface area contributed by atoms with Crippen molar-refractivity contribution in [3.63, 3.8) is 0 Å². The molecule has 0 bridgehead atoms. The Balaban J connectivity index is 2.23. The van der Waals surface area contributed by atoms with E-state index in [0.29, 0.717) is 0 Å². The van der Waals surface area contributed by atoms with Crippen LogP contribution in [0.4, 0.5) is 0 Å². The molecule has 0 aromatic carbocycles. The van der Waals surface area contributed by atoms with Gasteiger partial charge in [-0.1, -0.05) is 6.07 Å². The third-order valence-corrected chi connectivity index (χ3v) is 3.19. The van der Waals surface area contributed by atoms with Crippen molar-refractivity contribution in [3.8, 4) is 5.82 Å². The van der Waals surface area contributed by atoms with Crippen LogP contribution in [0.25, 0.3) is 5.82 Å². The number of nitrogens with zero attached hydrogens (tertiary/aromatic N) is 3. The van der Waals surface area contributed by atoms with Crippen molar-refractivity contribution < 1.29 is 5.11 Å². The first-order chi connectivity index (χ1) is 9.13. The lowest BCUT2D eigenvalue weighted by molar-refractivity contribution is 0.243. The average Bonchev–Trinajstić information content (AvgIpc) is 2.81. The van der Waals surface area contributed by atoms with Gasteiger partial charge in [0.2, 0.25) is 0 Å². The van der Waals surface area contributed by atoms with E-state index >= 15 is 0 Å². The highest BCUT2D eigenvalue weighted by molar-refractivity contribution is 5.29. The minimum Gasteiger partial charge on any atom is -0.395 e. The molecule has 0 saturated heterocycles. The van der Waals surface area contributed by atoms with Crippen LogP contribution in [0.3, 0.4) is 0 Å². The number of aliphatic hydroxyl groups is 1. The summed E-state index contributed by atoms with van der Waals surface area (Å²) in [5.41, 5.74) is 2.18. The summed E-state index contributed by atoms with van der Waals surface area (Å²) >= 11 is 0. The molecule has 19 heavy (non-hydrogen) atoms. The quantitative estimate of drug-likeness (QED) is 0.857. The first kappa shape index (κ1) is 13.7. The van der Waals surface area contributed by atoms with Gasteiger partial charge in [-0.15, -0.1) is 0 Å². The minimum absolute atomic E-state index is 0.0626. The van der Waals surface area contributed by atoms with Gasteiger partial charge in [0.1, 0.15) is 0 Å². The Kier molecular flexibility index (Phi) is 4.29. The largest absolute Gasteiger partial charge is 0.395 e. The number of hydrogen-bond acceptors (Lipinski definition) is 4.